The molecular formula is C14H16N2O3S. The third-order valence-corrected chi connectivity index (χ3v) is 4.06. The zero-order valence-electron chi connectivity index (χ0n) is 11.6. The van der Waals surface area contributed by atoms with Crippen LogP contribution in [0.3, 0.4) is 0 Å². The Morgan fingerprint density at radius 2 is 2.00 bits per heavy atom. The Bertz CT molecular complexity index is 637. The van der Waals surface area contributed by atoms with Crippen LogP contribution in [-0.2, 0) is 11.2 Å². The molecule has 0 saturated heterocycles. The number of hydrogen-bond acceptors (Lipinski definition) is 5. The number of carbonyl (C=O) groups is 1. The predicted molar refractivity (Wildman–Crippen MR) is 78.3 cm³/mol. The van der Waals surface area contributed by atoms with Crippen molar-refractivity contribution in [1.82, 2.24) is 4.98 Å². The summed E-state index contributed by atoms with van der Waals surface area (Å²) in [5.41, 5.74) is 6.98. The largest absolute Gasteiger partial charge is 0.493 e. The molecule has 1 heterocycles. The molecule has 0 fully saturated rings. The molecule has 1 amide bonds. The Kier molecular flexibility index (Phi) is 4.24. The third kappa shape index (κ3) is 2.91. The minimum absolute atomic E-state index is 0.219. The van der Waals surface area contributed by atoms with Gasteiger partial charge in [-0.2, -0.15) is 0 Å². The van der Waals surface area contributed by atoms with E-state index in [1.165, 1.54) is 11.3 Å². The first-order chi connectivity index (χ1) is 9.55. The second-order valence-corrected chi connectivity index (χ2v) is 5.32. The molecule has 0 spiro atoms. The smallest absolute Gasteiger partial charge is 0.222 e. The highest BCUT2D eigenvalue weighted by atomic mass is 32.1. The molecule has 0 aliphatic heterocycles. The number of aromatic nitrogens is 1. The first-order valence-electron chi connectivity index (χ1n) is 6.02. The monoisotopic (exact) mass is 292 g/mol. The number of hydrogen-bond donors (Lipinski definition) is 1. The lowest BCUT2D eigenvalue weighted by Crippen LogP contribution is -2.13. The van der Waals surface area contributed by atoms with Crippen molar-refractivity contribution in [3.63, 3.8) is 0 Å². The van der Waals surface area contributed by atoms with Crippen LogP contribution < -0.4 is 15.2 Å². The average molecular weight is 292 g/mol. The van der Waals surface area contributed by atoms with Gasteiger partial charge in [0, 0.05) is 10.4 Å². The summed E-state index contributed by atoms with van der Waals surface area (Å²) < 4.78 is 10.5. The maximum absolute atomic E-state index is 11.0. The summed E-state index contributed by atoms with van der Waals surface area (Å²) in [6.07, 6.45) is 0.219. The summed E-state index contributed by atoms with van der Waals surface area (Å²) in [5, 5.41) is 0.833. The molecular weight excluding hydrogens is 276 g/mol. The number of primary amides is 1. The van der Waals surface area contributed by atoms with Crippen molar-refractivity contribution in [2.24, 2.45) is 5.73 Å². The van der Waals surface area contributed by atoms with E-state index in [9.17, 15) is 4.79 Å². The Morgan fingerprint density at radius 3 is 2.60 bits per heavy atom. The fourth-order valence-electron chi connectivity index (χ4n) is 1.84. The second kappa shape index (κ2) is 5.92. The van der Waals surface area contributed by atoms with Gasteiger partial charge < -0.3 is 15.2 Å². The van der Waals surface area contributed by atoms with Crippen molar-refractivity contribution < 1.29 is 14.3 Å². The van der Waals surface area contributed by atoms with Crippen LogP contribution in [0.25, 0.3) is 10.6 Å². The lowest BCUT2D eigenvalue weighted by atomic mass is 10.2. The molecule has 0 bridgehead atoms. The van der Waals surface area contributed by atoms with Crippen molar-refractivity contribution in [3.05, 3.63) is 28.8 Å². The van der Waals surface area contributed by atoms with Crippen LogP contribution in [0.15, 0.2) is 18.2 Å². The molecule has 2 rings (SSSR count). The molecule has 1 aromatic heterocycles. The van der Waals surface area contributed by atoms with Crippen LogP contribution >= 0.6 is 11.3 Å². The van der Waals surface area contributed by atoms with Crippen molar-refractivity contribution in [2.45, 2.75) is 13.3 Å². The molecule has 0 aliphatic carbocycles. The van der Waals surface area contributed by atoms with Crippen molar-refractivity contribution >= 4 is 17.2 Å². The predicted octanol–water partition coefficient (Wildman–Crippen LogP) is 2.16. The summed E-state index contributed by atoms with van der Waals surface area (Å²) in [6.45, 7) is 1.87. The standard InChI is InChI=1S/C14H16N2O3S/c1-8-12(7-13(15)17)20-14(16-8)9-4-5-10(18-2)11(6-9)19-3/h4-6H,7H2,1-3H3,(H2,15,17). The van der Waals surface area contributed by atoms with Crippen LogP contribution in [0.2, 0.25) is 0 Å². The van der Waals surface area contributed by atoms with Gasteiger partial charge in [-0.3, -0.25) is 4.79 Å². The van der Waals surface area contributed by atoms with Crippen LogP contribution in [0, 0.1) is 6.92 Å². The third-order valence-electron chi connectivity index (χ3n) is 2.86. The van der Waals surface area contributed by atoms with Gasteiger partial charge >= 0.3 is 0 Å². The molecule has 0 saturated carbocycles. The van der Waals surface area contributed by atoms with Crippen molar-refractivity contribution in [2.75, 3.05) is 14.2 Å². The highest BCUT2D eigenvalue weighted by molar-refractivity contribution is 7.15. The van der Waals surface area contributed by atoms with E-state index >= 15 is 0 Å². The van der Waals surface area contributed by atoms with Gasteiger partial charge in [-0.25, -0.2) is 4.98 Å². The summed E-state index contributed by atoms with van der Waals surface area (Å²) >= 11 is 1.47. The number of nitrogens with two attached hydrogens (primary N) is 1. The molecule has 2 aromatic rings. The summed E-state index contributed by atoms with van der Waals surface area (Å²) in [5.74, 6) is 0.965. The van der Waals surface area contributed by atoms with Gasteiger partial charge in [-0.1, -0.05) is 0 Å². The molecule has 0 unspecified atom stereocenters. The summed E-state index contributed by atoms with van der Waals surface area (Å²) in [4.78, 5) is 16.4. The number of carbonyl (C=O) groups excluding carboxylic acids is 1. The quantitative estimate of drug-likeness (QED) is 0.916. The minimum Gasteiger partial charge on any atom is -0.493 e. The van der Waals surface area contributed by atoms with E-state index in [-0.39, 0.29) is 12.3 Å². The summed E-state index contributed by atoms with van der Waals surface area (Å²) in [6, 6.07) is 5.61. The molecule has 5 nitrogen and oxygen atoms in total. The van der Waals surface area contributed by atoms with Gasteiger partial charge in [0.05, 0.1) is 26.3 Å². The Balaban J connectivity index is 2.39. The zero-order chi connectivity index (χ0) is 14.7. The van der Waals surface area contributed by atoms with E-state index in [0.29, 0.717) is 11.5 Å². The van der Waals surface area contributed by atoms with Crippen LogP contribution in [0.4, 0.5) is 0 Å². The van der Waals surface area contributed by atoms with Crippen molar-refractivity contribution in [3.8, 4) is 22.1 Å². The molecule has 20 heavy (non-hydrogen) atoms. The molecule has 1 aromatic carbocycles. The number of aryl methyl sites for hydroxylation is 1. The number of thiazole rings is 1. The normalized spacial score (nSPS) is 10.3. The first kappa shape index (κ1) is 14.3. The Morgan fingerprint density at radius 1 is 1.30 bits per heavy atom. The molecule has 2 N–H and O–H groups in total. The highest BCUT2D eigenvalue weighted by Gasteiger charge is 2.13. The van der Waals surface area contributed by atoms with Crippen LogP contribution in [-0.4, -0.2) is 25.1 Å². The lowest BCUT2D eigenvalue weighted by molar-refractivity contribution is -0.117. The van der Waals surface area contributed by atoms with Gasteiger partial charge in [-0.15, -0.1) is 11.3 Å². The van der Waals surface area contributed by atoms with Gasteiger partial charge in [0.15, 0.2) is 11.5 Å². The van der Waals surface area contributed by atoms with E-state index in [0.717, 1.165) is 21.1 Å². The van der Waals surface area contributed by atoms with Gasteiger partial charge in [0.25, 0.3) is 0 Å². The molecule has 106 valence electrons. The maximum Gasteiger partial charge on any atom is 0.222 e. The number of methoxy groups -OCH3 is 2. The SMILES string of the molecule is COc1ccc(-c2nc(C)c(CC(N)=O)s2)cc1OC. The average Bonchev–Trinajstić information content (AvgIpc) is 2.78. The summed E-state index contributed by atoms with van der Waals surface area (Å²) in [7, 11) is 3.18. The fourth-order valence-corrected chi connectivity index (χ4v) is 2.91. The van der Waals surface area contributed by atoms with Gasteiger partial charge in [-0.05, 0) is 25.1 Å². The number of benzene rings is 1. The van der Waals surface area contributed by atoms with E-state index in [2.05, 4.69) is 4.98 Å². The Hall–Kier alpha value is -2.08. The molecule has 0 atom stereocenters. The maximum atomic E-state index is 11.0. The second-order valence-electron chi connectivity index (χ2n) is 4.24. The number of ether oxygens (including phenoxy) is 2. The fraction of sp³-hybridized carbons (Fsp3) is 0.286. The first-order valence-corrected chi connectivity index (χ1v) is 6.83. The number of amides is 1. The van der Waals surface area contributed by atoms with Gasteiger partial charge in [0.2, 0.25) is 5.91 Å². The molecule has 0 aliphatic rings. The molecule has 6 heteroatoms. The number of rotatable bonds is 5. The van der Waals surface area contributed by atoms with Crippen LogP contribution in [0.5, 0.6) is 11.5 Å². The van der Waals surface area contributed by atoms with E-state index in [1.54, 1.807) is 14.2 Å². The number of nitrogens with zero attached hydrogens (tertiary/aromatic N) is 1. The van der Waals surface area contributed by atoms with Gasteiger partial charge in [0.1, 0.15) is 5.01 Å². The van der Waals surface area contributed by atoms with E-state index in [4.69, 9.17) is 15.2 Å². The van der Waals surface area contributed by atoms with E-state index in [1.807, 2.05) is 25.1 Å². The minimum atomic E-state index is -0.351. The highest BCUT2D eigenvalue weighted by Crippen LogP contribution is 2.34. The Labute approximate surface area is 121 Å². The molecule has 0 radical (unpaired) electrons. The zero-order valence-corrected chi connectivity index (χ0v) is 12.4. The van der Waals surface area contributed by atoms with Crippen molar-refractivity contribution in [1.29, 1.82) is 0 Å². The van der Waals surface area contributed by atoms with E-state index < -0.39 is 0 Å². The lowest BCUT2D eigenvalue weighted by Gasteiger charge is -2.08. The topological polar surface area (TPSA) is 74.4 Å². The van der Waals surface area contributed by atoms with Crippen LogP contribution in [0.1, 0.15) is 10.6 Å².